The Labute approximate surface area is 172 Å². The minimum atomic E-state index is -0.527. The molecule has 0 saturated heterocycles. The summed E-state index contributed by atoms with van der Waals surface area (Å²) in [5, 5.41) is 18.0. The maximum Gasteiger partial charge on any atom is 0.140 e. The van der Waals surface area contributed by atoms with Gasteiger partial charge in [-0.3, -0.25) is 0 Å². The van der Waals surface area contributed by atoms with Gasteiger partial charge in [-0.1, -0.05) is 60.7 Å². The van der Waals surface area contributed by atoms with Crippen molar-refractivity contribution in [1.29, 1.82) is 10.5 Å². The van der Waals surface area contributed by atoms with Crippen molar-refractivity contribution in [1.82, 2.24) is 0 Å². The van der Waals surface area contributed by atoms with Gasteiger partial charge in [-0.05, 0) is 57.6 Å². The second-order valence-electron chi connectivity index (χ2n) is 6.77. The first-order chi connectivity index (χ1) is 14.6. The first-order valence-corrected chi connectivity index (χ1v) is 9.19. The van der Waals surface area contributed by atoms with Gasteiger partial charge in [0.15, 0.2) is 0 Å². The minimum Gasteiger partial charge on any atom is -0.206 e. The maximum absolute atomic E-state index is 13.5. The summed E-state index contributed by atoms with van der Waals surface area (Å²) in [4.78, 5) is 0. The van der Waals surface area contributed by atoms with Crippen LogP contribution in [-0.4, -0.2) is 0 Å². The lowest BCUT2D eigenvalue weighted by molar-refractivity contribution is 0.624. The van der Waals surface area contributed by atoms with Crippen molar-refractivity contribution in [2.75, 3.05) is 0 Å². The second-order valence-corrected chi connectivity index (χ2v) is 6.77. The monoisotopic (exact) mass is 392 g/mol. The summed E-state index contributed by atoms with van der Waals surface area (Å²) >= 11 is 0. The van der Waals surface area contributed by atoms with Gasteiger partial charge in [0, 0.05) is 0 Å². The Balaban J connectivity index is 1.60. The van der Waals surface area contributed by atoms with E-state index in [2.05, 4.69) is 0 Å². The van der Waals surface area contributed by atoms with Crippen LogP contribution in [-0.2, 0) is 0 Å². The first kappa shape index (κ1) is 19.1. The SMILES string of the molecule is N#Cc1cc(-c2ccc(-c3ccc(-c4ccc(F)c(C#N)c4)cc3)cc2)ccc1F. The predicted octanol–water partition coefficient (Wildman–Crippen LogP) is 6.71. The highest BCUT2D eigenvalue weighted by molar-refractivity contribution is 5.74. The fraction of sp³-hybridized carbons (Fsp3) is 0. The van der Waals surface area contributed by atoms with Crippen molar-refractivity contribution in [3.05, 3.63) is 108 Å². The van der Waals surface area contributed by atoms with E-state index in [1.807, 2.05) is 60.7 Å². The van der Waals surface area contributed by atoms with Gasteiger partial charge in [0.05, 0.1) is 11.1 Å². The van der Waals surface area contributed by atoms with Crippen LogP contribution in [0.4, 0.5) is 8.78 Å². The van der Waals surface area contributed by atoms with Gasteiger partial charge in [0.2, 0.25) is 0 Å². The van der Waals surface area contributed by atoms with E-state index in [0.717, 1.165) is 33.4 Å². The van der Waals surface area contributed by atoms with E-state index in [1.165, 1.54) is 24.3 Å². The zero-order valence-electron chi connectivity index (χ0n) is 15.7. The van der Waals surface area contributed by atoms with Gasteiger partial charge >= 0.3 is 0 Å². The van der Waals surface area contributed by atoms with Crippen LogP contribution in [0.1, 0.15) is 11.1 Å². The van der Waals surface area contributed by atoms with Crippen molar-refractivity contribution in [2.24, 2.45) is 0 Å². The lowest BCUT2D eigenvalue weighted by Crippen LogP contribution is -1.87. The van der Waals surface area contributed by atoms with Gasteiger partial charge in [0.25, 0.3) is 0 Å². The molecule has 0 amide bonds. The van der Waals surface area contributed by atoms with Crippen LogP contribution in [0.15, 0.2) is 84.9 Å². The van der Waals surface area contributed by atoms with Crippen LogP contribution in [0.25, 0.3) is 33.4 Å². The summed E-state index contributed by atoms with van der Waals surface area (Å²) < 4.78 is 27.1. The Morgan fingerprint density at radius 3 is 1.00 bits per heavy atom. The average Bonchev–Trinajstić information content (AvgIpc) is 2.80. The smallest absolute Gasteiger partial charge is 0.140 e. The van der Waals surface area contributed by atoms with Gasteiger partial charge < -0.3 is 0 Å². The Morgan fingerprint density at radius 2 is 0.700 bits per heavy atom. The third kappa shape index (κ3) is 3.68. The summed E-state index contributed by atoms with van der Waals surface area (Å²) in [6, 6.07) is 28.3. The Kier molecular flexibility index (Phi) is 5.08. The Hall–Kier alpha value is -4.28. The molecule has 0 aliphatic heterocycles. The molecule has 4 rings (SSSR count). The highest BCUT2D eigenvalue weighted by Crippen LogP contribution is 2.28. The quantitative estimate of drug-likeness (QED) is 0.389. The number of halogens is 2. The number of benzene rings is 4. The summed E-state index contributed by atoms with van der Waals surface area (Å²) in [6.45, 7) is 0. The summed E-state index contributed by atoms with van der Waals surface area (Å²) in [5.74, 6) is -1.05. The van der Waals surface area contributed by atoms with Crippen LogP contribution >= 0.6 is 0 Å². The molecule has 4 aromatic rings. The molecule has 0 radical (unpaired) electrons. The summed E-state index contributed by atoms with van der Waals surface area (Å²) in [5.41, 5.74) is 5.39. The number of rotatable bonds is 3. The van der Waals surface area contributed by atoms with Crippen LogP contribution < -0.4 is 0 Å². The van der Waals surface area contributed by atoms with Crippen LogP contribution in [0, 0.1) is 34.3 Å². The molecule has 0 spiro atoms. The van der Waals surface area contributed by atoms with E-state index in [9.17, 15) is 8.78 Å². The third-order valence-electron chi connectivity index (χ3n) is 4.94. The van der Waals surface area contributed by atoms with Gasteiger partial charge in [-0.15, -0.1) is 0 Å². The molecule has 0 fully saturated rings. The lowest BCUT2D eigenvalue weighted by atomic mass is 9.97. The van der Waals surface area contributed by atoms with E-state index in [1.54, 1.807) is 12.1 Å². The van der Waals surface area contributed by atoms with E-state index >= 15 is 0 Å². The molecule has 0 aliphatic carbocycles. The predicted molar refractivity (Wildman–Crippen MR) is 112 cm³/mol. The van der Waals surface area contributed by atoms with Crippen molar-refractivity contribution < 1.29 is 8.78 Å². The number of hydrogen-bond acceptors (Lipinski definition) is 2. The largest absolute Gasteiger partial charge is 0.206 e. The van der Waals surface area contributed by atoms with Crippen molar-refractivity contribution >= 4 is 0 Å². The molecule has 30 heavy (non-hydrogen) atoms. The van der Waals surface area contributed by atoms with E-state index in [0.29, 0.717) is 0 Å². The number of nitrogens with zero attached hydrogens (tertiary/aromatic N) is 2. The molecule has 4 aromatic carbocycles. The fourth-order valence-electron chi connectivity index (χ4n) is 3.29. The fourth-order valence-corrected chi connectivity index (χ4v) is 3.29. The van der Waals surface area contributed by atoms with Crippen molar-refractivity contribution in [3.63, 3.8) is 0 Å². The molecule has 0 aliphatic rings. The van der Waals surface area contributed by atoms with Gasteiger partial charge in [-0.2, -0.15) is 10.5 Å². The average molecular weight is 392 g/mol. The Bertz CT molecular complexity index is 1200. The summed E-state index contributed by atoms with van der Waals surface area (Å²) in [7, 11) is 0. The van der Waals surface area contributed by atoms with Crippen LogP contribution in [0.3, 0.4) is 0 Å². The first-order valence-electron chi connectivity index (χ1n) is 9.19. The van der Waals surface area contributed by atoms with E-state index in [4.69, 9.17) is 10.5 Å². The normalized spacial score (nSPS) is 10.3. The lowest BCUT2D eigenvalue weighted by Gasteiger charge is -2.08. The number of hydrogen-bond donors (Lipinski definition) is 0. The zero-order chi connectivity index (χ0) is 21.1. The third-order valence-corrected chi connectivity index (χ3v) is 4.94. The molecule has 142 valence electrons. The van der Waals surface area contributed by atoms with E-state index in [-0.39, 0.29) is 11.1 Å². The highest BCUT2D eigenvalue weighted by Gasteiger charge is 2.07. The van der Waals surface area contributed by atoms with Crippen LogP contribution in [0.2, 0.25) is 0 Å². The van der Waals surface area contributed by atoms with E-state index < -0.39 is 11.6 Å². The second kappa shape index (κ2) is 7.99. The Morgan fingerprint density at radius 1 is 0.433 bits per heavy atom. The highest BCUT2D eigenvalue weighted by atomic mass is 19.1. The van der Waals surface area contributed by atoms with Crippen molar-refractivity contribution in [3.8, 4) is 45.5 Å². The van der Waals surface area contributed by atoms with Gasteiger partial charge in [-0.25, -0.2) is 8.78 Å². The molecule has 0 bridgehead atoms. The molecule has 0 saturated carbocycles. The standard InChI is InChI=1S/C26H14F2N2/c27-25-11-9-21(13-23(25)15-29)19-5-1-17(2-6-19)18-3-7-20(8-4-18)22-10-12-26(28)24(14-22)16-30/h1-14H. The minimum absolute atomic E-state index is 0.0208. The maximum atomic E-state index is 13.5. The van der Waals surface area contributed by atoms with Gasteiger partial charge in [0.1, 0.15) is 23.8 Å². The topological polar surface area (TPSA) is 47.6 Å². The molecule has 4 heteroatoms. The van der Waals surface area contributed by atoms with Crippen molar-refractivity contribution in [2.45, 2.75) is 0 Å². The zero-order valence-corrected chi connectivity index (χ0v) is 15.7. The molecule has 0 atom stereocenters. The number of nitriles is 2. The van der Waals surface area contributed by atoms with Crippen LogP contribution in [0.5, 0.6) is 0 Å². The molecule has 2 nitrogen and oxygen atoms in total. The molecular weight excluding hydrogens is 378 g/mol. The molecule has 0 unspecified atom stereocenters. The molecule has 0 heterocycles. The summed E-state index contributed by atoms with van der Waals surface area (Å²) in [6.07, 6.45) is 0. The molecule has 0 N–H and O–H groups in total. The molecular formula is C26H14F2N2. The molecule has 0 aromatic heterocycles.